The number of aryl methyl sites for hydroxylation is 3. The number of benzene rings is 1. The molecule has 43 heavy (non-hydrogen) atoms. The molecule has 1 amide bonds. The summed E-state index contributed by atoms with van der Waals surface area (Å²) in [7, 11) is 3.65. The fourth-order valence-electron chi connectivity index (χ4n) is 6.66. The molecule has 0 radical (unpaired) electrons. The highest BCUT2D eigenvalue weighted by atomic mass is 16.5. The predicted molar refractivity (Wildman–Crippen MR) is 165 cm³/mol. The Labute approximate surface area is 250 Å². The highest BCUT2D eigenvalue weighted by Gasteiger charge is 2.26. The lowest BCUT2D eigenvalue weighted by molar-refractivity contribution is 0.0708. The Morgan fingerprint density at radius 3 is 2.74 bits per heavy atom. The van der Waals surface area contributed by atoms with Crippen LogP contribution in [0, 0.1) is 0 Å². The van der Waals surface area contributed by atoms with E-state index in [1.165, 1.54) is 0 Å². The fourth-order valence-corrected chi connectivity index (χ4v) is 6.66. The summed E-state index contributed by atoms with van der Waals surface area (Å²) in [4.78, 5) is 25.6. The Balaban J connectivity index is 1.33. The maximum atomic E-state index is 13.5. The van der Waals surface area contributed by atoms with Gasteiger partial charge in [0, 0.05) is 49.9 Å². The number of imidazole rings is 1. The van der Waals surface area contributed by atoms with Crippen molar-refractivity contribution in [3.05, 3.63) is 53.5 Å². The highest BCUT2D eigenvalue weighted by molar-refractivity contribution is 6.00. The second-order valence-electron chi connectivity index (χ2n) is 12.1. The van der Waals surface area contributed by atoms with E-state index in [4.69, 9.17) is 20.4 Å². The second kappa shape index (κ2) is 11.1. The van der Waals surface area contributed by atoms with Crippen LogP contribution in [-0.2, 0) is 20.0 Å². The summed E-state index contributed by atoms with van der Waals surface area (Å²) in [6.07, 6.45) is 9.24. The molecule has 2 N–H and O–H groups in total. The molecule has 2 atom stereocenters. The first-order chi connectivity index (χ1) is 20.9. The molecule has 224 valence electrons. The second-order valence-corrected chi connectivity index (χ2v) is 12.1. The number of piperidine rings is 1. The maximum Gasteiger partial charge on any atom is 0.254 e. The number of amides is 1. The average molecular weight is 582 g/mol. The van der Waals surface area contributed by atoms with E-state index in [0.717, 1.165) is 96.5 Å². The van der Waals surface area contributed by atoms with E-state index in [1.807, 2.05) is 28.8 Å². The quantitative estimate of drug-likeness (QED) is 0.333. The Bertz CT molecular complexity index is 1820. The minimum Gasteiger partial charge on any atom is -0.494 e. The summed E-state index contributed by atoms with van der Waals surface area (Å²) in [5, 5.41) is 9.87. The monoisotopic (exact) mass is 581 g/mol. The van der Waals surface area contributed by atoms with Crippen molar-refractivity contribution in [2.45, 2.75) is 70.5 Å². The van der Waals surface area contributed by atoms with Crippen molar-refractivity contribution < 1.29 is 9.53 Å². The van der Waals surface area contributed by atoms with Crippen molar-refractivity contribution in [2.24, 2.45) is 12.8 Å². The van der Waals surface area contributed by atoms with E-state index in [9.17, 15) is 4.79 Å². The van der Waals surface area contributed by atoms with Gasteiger partial charge in [-0.3, -0.25) is 4.79 Å². The van der Waals surface area contributed by atoms with Crippen LogP contribution in [0.2, 0.25) is 0 Å². The Hall–Kier alpha value is -4.25. The van der Waals surface area contributed by atoms with Crippen LogP contribution in [0.3, 0.4) is 0 Å². The van der Waals surface area contributed by atoms with Crippen LogP contribution in [0.15, 0.2) is 36.5 Å². The van der Waals surface area contributed by atoms with E-state index in [1.54, 1.807) is 7.11 Å². The molecule has 1 fully saturated rings. The molecule has 0 unspecified atom stereocenters. The minimum atomic E-state index is -0.0363. The summed E-state index contributed by atoms with van der Waals surface area (Å²) >= 11 is 0. The van der Waals surface area contributed by atoms with Gasteiger partial charge < -0.3 is 24.5 Å². The van der Waals surface area contributed by atoms with Gasteiger partial charge in [0.05, 0.1) is 35.8 Å². The van der Waals surface area contributed by atoms with Gasteiger partial charge in [-0.2, -0.15) is 0 Å². The molecule has 0 saturated carbocycles. The van der Waals surface area contributed by atoms with Crippen molar-refractivity contribution >= 4 is 28.0 Å². The van der Waals surface area contributed by atoms with Crippen molar-refractivity contribution in [1.82, 2.24) is 39.0 Å². The predicted octanol–water partition coefficient (Wildman–Crippen LogP) is 4.48. The minimum absolute atomic E-state index is 0.0142. The number of hydrogen-bond acceptors (Lipinski definition) is 7. The van der Waals surface area contributed by atoms with Crippen LogP contribution in [0.4, 0.5) is 0 Å². The van der Waals surface area contributed by atoms with Crippen molar-refractivity contribution in [2.75, 3.05) is 20.2 Å². The zero-order valence-corrected chi connectivity index (χ0v) is 25.2. The van der Waals surface area contributed by atoms with E-state index in [-0.39, 0.29) is 18.0 Å². The van der Waals surface area contributed by atoms with Crippen LogP contribution in [0.1, 0.15) is 73.2 Å². The zero-order chi connectivity index (χ0) is 29.7. The summed E-state index contributed by atoms with van der Waals surface area (Å²) < 4.78 is 12.1. The van der Waals surface area contributed by atoms with Gasteiger partial charge in [-0.05, 0) is 69.4 Å². The van der Waals surface area contributed by atoms with Crippen LogP contribution >= 0.6 is 0 Å². The lowest BCUT2D eigenvalue weighted by Gasteiger charge is -2.30. The standard InChI is InChI=1S/C32H39N9O2/c1-20-25-12-11-21-16-27(40(30(21)34-25)14-7-5-4-6-10-24-19-41(20)37-36-24)31-35-26-15-22(17-28(43-3)29(26)38(31)2)32(42)39-13-8-9-23(33)18-39/h11-12,15-17,19-20,23H,4-10,13-14,18,33H2,1-3H3/t20-,23-/m1/s1. The first-order valence-electron chi connectivity index (χ1n) is 15.4. The van der Waals surface area contributed by atoms with E-state index in [0.29, 0.717) is 24.4 Å². The zero-order valence-electron chi connectivity index (χ0n) is 25.2. The van der Waals surface area contributed by atoms with Gasteiger partial charge in [0.25, 0.3) is 5.91 Å². The maximum absolute atomic E-state index is 13.5. The Kier molecular flexibility index (Phi) is 7.12. The largest absolute Gasteiger partial charge is 0.494 e. The van der Waals surface area contributed by atoms with Crippen molar-refractivity contribution in [3.63, 3.8) is 0 Å². The van der Waals surface area contributed by atoms with Crippen LogP contribution in [-0.4, -0.2) is 71.1 Å². The van der Waals surface area contributed by atoms with Gasteiger partial charge in [0.1, 0.15) is 16.9 Å². The molecular weight excluding hydrogens is 542 g/mol. The van der Waals surface area contributed by atoms with Crippen LogP contribution < -0.4 is 10.5 Å². The molecule has 11 heteroatoms. The summed E-state index contributed by atoms with van der Waals surface area (Å²) in [6, 6.07) is 10.1. The lowest BCUT2D eigenvalue weighted by atomic mass is 10.0. The van der Waals surface area contributed by atoms with Gasteiger partial charge in [0.2, 0.25) is 0 Å². The first kappa shape index (κ1) is 27.6. The molecule has 2 aliphatic heterocycles. The van der Waals surface area contributed by atoms with Crippen molar-refractivity contribution in [1.29, 1.82) is 0 Å². The normalized spacial score (nSPS) is 19.7. The van der Waals surface area contributed by atoms with Gasteiger partial charge >= 0.3 is 0 Å². The summed E-state index contributed by atoms with van der Waals surface area (Å²) in [5.74, 6) is 1.41. The van der Waals surface area contributed by atoms with Gasteiger partial charge in [-0.25, -0.2) is 14.6 Å². The summed E-state index contributed by atoms with van der Waals surface area (Å²) in [6.45, 7) is 4.23. The van der Waals surface area contributed by atoms with Gasteiger partial charge in [-0.1, -0.05) is 18.1 Å². The number of methoxy groups -OCH3 is 1. The number of pyridine rings is 1. The molecule has 5 aromatic rings. The number of rotatable bonds is 3. The number of hydrogen-bond donors (Lipinski definition) is 1. The number of nitrogens with two attached hydrogens (primary N) is 1. The van der Waals surface area contributed by atoms with E-state index < -0.39 is 0 Å². The number of nitrogens with zero attached hydrogens (tertiary/aromatic N) is 8. The molecule has 1 saturated heterocycles. The number of fused-ring (bicyclic) bond motifs is 4. The summed E-state index contributed by atoms with van der Waals surface area (Å²) in [5.41, 5.74) is 12.2. The fraction of sp³-hybridized carbons (Fsp3) is 0.469. The molecular formula is C32H39N9O2. The third-order valence-corrected chi connectivity index (χ3v) is 9.09. The van der Waals surface area contributed by atoms with Crippen LogP contribution in [0.5, 0.6) is 5.75 Å². The smallest absolute Gasteiger partial charge is 0.254 e. The van der Waals surface area contributed by atoms with E-state index in [2.05, 4.69) is 50.8 Å². The SMILES string of the molecule is COc1cc(C(=O)N2CCC[C@@H](N)C2)cc2nc(-c3cc4ccc5nc4n3CCCCCCc3cn(nn3)[C@@H]5C)n(C)c12. The van der Waals surface area contributed by atoms with E-state index >= 15 is 0 Å². The van der Waals surface area contributed by atoms with Gasteiger partial charge in [0.15, 0.2) is 5.82 Å². The highest BCUT2D eigenvalue weighted by Crippen LogP contribution is 2.35. The molecule has 1 aromatic carbocycles. The number of aromatic nitrogens is 7. The van der Waals surface area contributed by atoms with Crippen LogP contribution in [0.25, 0.3) is 33.6 Å². The third-order valence-electron chi connectivity index (χ3n) is 9.09. The molecule has 2 aliphatic rings. The topological polar surface area (TPSA) is 122 Å². The Morgan fingerprint density at radius 1 is 1.05 bits per heavy atom. The molecule has 6 heterocycles. The molecule has 11 nitrogen and oxygen atoms in total. The average Bonchev–Trinajstić information content (AvgIpc) is 3.72. The number of carbonyl (C=O) groups excluding carboxylic acids is 1. The third kappa shape index (κ3) is 4.95. The Morgan fingerprint density at radius 2 is 1.91 bits per heavy atom. The molecule has 0 spiro atoms. The van der Waals surface area contributed by atoms with Gasteiger partial charge in [-0.15, -0.1) is 5.10 Å². The first-order valence-corrected chi connectivity index (χ1v) is 15.4. The number of carbonyl (C=O) groups is 1. The lowest BCUT2D eigenvalue weighted by Crippen LogP contribution is -2.45. The molecule has 4 bridgehead atoms. The molecule has 4 aromatic heterocycles. The van der Waals surface area contributed by atoms with Crippen molar-refractivity contribution in [3.8, 4) is 17.3 Å². The number of likely N-dealkylation sites (tertiary alicyclic amines) is 1. The molecule has 7 rings (SSSR count). The molecule has 0 aliphatic carbocycles. The number of ether oxygens (including phenoxy) is 1.